The molecule has 30 heavy (non-hydrogen) atoms. The van der Waals surface area contributed by atoms with Gasteiger partial charge in [0.15, 0.2) is 5.82 Å². The summed E-state index contributed by atoms with van der Waals surface area (Å²) in [6.45, 7) is 0. The molecule has 8 heteroatoms. The zero-order chi connectivity index (χ0) is 21.3. The number of phenolic OH excluding ortho intramolecular Hbond substituents is 1. The van der Waals surface area contributed by atoms with Crippen molar-refractivity contribution in [3.05, 3.63) is 48.0 Å². The summed E-state index contributed by atoms with van der Waals surface area (Å²) in [5.74, 6) is -0.00382. The number of nitrogens with zero attached hydrogens (tertiary/aromatic N) is 2. The molecule has 4 rings (SSSR count). The van der Waals surface area contributed by atoms with Crippen LogP contribution in [0.4, 0.5) is 19.0 Å². The van der Waals surface area contributed by atoms with Gasteiger partial charge in [0.2, 0.25) is 0 Å². The molecule has 0 spiro atoms. The molecule has 1 aliphatic rings. The molecule has 3 N–H and O–H groups in total. The van der Waals surface area contributed by atoms with Gasteiger partial charge in [0, 0.05) is 16.3 Å². The average Bonchev–Trinajstić information content (AvgIpc) is 2.92. The molecule has 0 amide bonds. The summed E-state index contributed by atoms with van der Waals surface area (Å²) in [7, 11) is 0. The third-order valence-corrected chi connectivity index (χ3v) is 5.57. The van der Waals surface area contributed by atoms with E-state index < -0.39 is 23.6 Å². The van der Waals surface area contributed by atoms with Crippen molar-refractivity contribution in [1.29, 1.82) is 0 Å². The van der Waals surface area contributed by atoms with Crippen LogP contribution in [0.15, 0.2) is 42.5 Å². The quantitative estimate of drug-likeness (QED) is 0.515. The number of aliphatic hydroxyl groups excluding tert-OH is 1. The average molecular weight is 417 g/mol. The Balaban J connectivity index is 1.74. The lowest BCUT2D eigenvalue weighted by atomic mass is 10.0. The second-order valence-electron chi connectivity index (χ2n) is 7.63. The highest BCUT2D eigenvalue weighted by Gasteiger charge is 2.31. The Morgan fingerprint density at radius 1 is 0.933 bits per heavy atom. The van der Waals surface area contributed by atoms with E-state index >= 15 is 0 Å². The van der Waals surface area contributed by atoms with E-state index in [1.54, 1.807) is 12.1 Å². The zero-order valence-corrected chi connectivity index (χ0v) is 16.2. The molecule has 1 fully saturated rings. The highest BCUT2D eigenvalue weighted by Crippen LogP contribution is 2.39. The van der Waals surface area contributed by atoms with Gasteiger partial charge in [-0.05, 0) is 31.0 Å². The van der Waals surface area contributed by atoms with E-state index in [1.807, 2.05) is 12.1 Å². The Bertz CT molecular complexity index is 1060. The van der Waals surface area contributed by atoms with Crippen LogP contribution in [0.5, 0.6) is 5.75 Å². The number of hydrogen-bond acceptors (Lipinski definition) is 5. The third-order valence-electron chi connectivity index (χ3n) is 5.57. The second kappa shape index (κ2) is 8.10. The van der Waals surface area contributed by atoms with Crippen molar-refractivity contribution < 1.29 is 23.4 Å². The molecular weight excluding hydrogens is 395 g/mol. The molecule has 2 aromatic carbocycles. The lowest BCUT2D eigenvalue weighted by Gasteiger charge is -2.23. The number of aliphatic hydroxyl groups is 1. The Labute approximate surface area is 171 Å². The minimum absolute atomic E-state index is 0.143. The van der Waals surface area contributed by atoms with Gasteiger partial charge in [0.1, 0.15) is 11.4 Å². The molecular formula is C22H22F3N3O2. The highest BCUT2D eigenvalue weighted by molar-refractivity contribution is 6.00. The van der Waals surface area contributed by atoms with Crippen LogP contribution in [0.2, 0.25) is 0 Å². The van der Waals surface area contributed by atoms with Crippen molar-refractivity contribution in [2.45, 2.75) is 50.4 Å². The second-order valence-corrected chi connectivity index (χ2v) is 7.63. The van der Waals surface area contributed by atoms with E-state index in [4.69, 9.17) is 0 Å². The van der Waals surface area contributed by atoms with Crippen LogP contribution in [0.3, 0.4) is 0 Å². The summed E-state index contributed by atoms with van der Waals surface area (Å²) in [6.07, 6.45) is -0.411. The maximum Gasteiger partial charge on any atom is 0.416 e. The minimum atomic E-state index is -4.54. The van der Waals surface area contributed by atoms with Gasteiger partial charge in [0.25, 0.3) is 0 Å². The number of phenols is 1. The molecule has 2 atom stereocenters. The summed E-state index contributed by atoms with van der Waals surface area (Å²) in [5, 5.41) is 33.8. The van der Waals surface area contributed by atoms with Gasteiger partial charge < -0.3 is 15.5 Å². The number of alkyl halides is 3. The molecule has 0 bridgehead atoms. The van der Waals surface area contributed by atoms with Gasteiger partial charge in [-0.1, -0.05) is 43.5 Å². The predicted molar refractivity (Wildman–Crippen MR) is 108 cm³/mol. The fourth-order valence-electron chi connectivity index (χ4n) is 3.95. The molecule has 1 aliphatic carbocycles. The maximum absolute atomic E-state index is 12.9. The Kier molecular flexibility index (Phi) is 5.51. The number of hydrogen-bond donors (Lipinski definition) is 3. The molecule has 0 radical (unpaired) electrons. The largest absolute Gasteiger partial charge is 0.507 e. The summed E-state index contributed by atoms with van der Waals surface area (Å²) < 4.78 is 38.8. The predicted octanol–water partition coefficient (Wildman–Crippen LogP) is 5.13. The summed E-state index contributed by atoms with van der Waals surface area (Å²) in [4.78, 5) is 0. The molecule has 0 saturated heterocycles. The lowest BCUT2D eigenvalue weighted by Crippen LogP contribution is -2.33. The number of benzene rings is 2. The van der Waals surface area contributed by atoms with E-state index in [0.29, 0.717) is 23.0 Å². The van der Waals surface area contributed by atoms with Crippen molar-refractivity contribution in [3.8, 4) is 17.0 Å². The van der Waals surface area contributed by atoms with Crippen LogP contribution >= 0.6 is 0 Å². The molecule has 1 aromatic heterocycles. The maximum atomic E-state index is 12.9. The summed E-state index contributed by atoms with van der Waals surface area (Å²) in [6, 6.07) is 9.91. The topological polar surface area (TPSA) is 78.3 Å². The van der Waals surface area contributed by atoms with Gasteiger partial charge in [0.05, 0.1) is 17.7 Å². The first-order chi connectivity index (χ1) is 14.3. The monoisotopic (exact) mass is 417 g/mol. The van der Waals surface area contributed by atoms with E-state index in [-0.39, 0.29) is 11.6 Å². The standard InChI is InChI=1S/C22H22F3N3O2/c23-22(24,25)13-10-11-16(19(30)12-13)20-14-6-4-5-7-15(14)21(28-27-20)26-17-8-2-1-3-9-18(17)29/h4-7,10-12,17-18,29-30H,1-3,8-9H2,(H,26,28)/t17-,18+/m1/s1. The van der Waals surface area contributed by atoms with Gasteiger partial charge in [-0.3, -0.25) is 0 Å². The smallest absolute Gasteiger partial charge is 0.416 e. The molecule has 0 aliphatic heterocycles. The zero-order valence-electron chi connectivity index (χ0n) is 16.2. The van der Waals surface area contributed by atoms with E-state index in [1.165, 1.54) is 6.07 Å². The van der Waals surface area contributed by atoms with Crippen LogP contribution in [0, 0.1) is 0 Å². The molecule has 1 saturated carbocycles. The summed E-state index contributed by atoms with van der Waals surface area (Å²) >= 11 is 0. The summed E-state index contributed by atoms with van der Waals surface area (Å²) in [5.41, 5.74) is -0.460. The first-order valence-electron chi connectivity index (χ1n) is 9.95. The highest BCUT2D eigenvalue weighted by atomic mass is 19.4. The number of aromatic hydroxyl groups is 1. The normalized spacial score (nSPS) is 20.1. The molecule has 0 unspecified atom stereocenters. The van der Waals surface area contributed by atoms with Crippen molar-refractivity contribution in [2.24, 2.45) is 0 Å². The number of halogens is 3. The minimum Gasteiger partial charge on any atom is -0.507 e. The molecule has 3 aromatic rings. The number of fused-ring (bicyclic) bond motifs is 1. The first kappa shape index (κ1) is 20.4. The van der Waals surface area contributed by atoms with Crippen molar-refractivity contribution in [2.75, 3.05) is 5.32 Å². The first-order valence-corrected chi connectivity index (χ1v) is 9.95. The van der Waals surface area contributed by atoms with Crippen molar-refractivity contribution >= 4 is 16.6 Å². The van der Waals surface area contributed by atoms with Crippen LogP contribution in [-0.2, 0) is 6.18 Å². The van der Waals surface area contributed by atoms with E-state index in [0.717, 1.165) is 43.6 Å². The number of rotatable bonds is 3. The Hall–Kier alpha value is -2.87. The third kappa shape index (κ3) is 4.05. The van der Waals surface area contributed by atoms with Gasteiger partial charge in [-0.2, -0.15) is 13.2 Å². The van der Waals surface area contributed by atoms with Gasteiger partial charge in [-0.15, -0.1) is 10.2 Å². The van der Waals surface area contributed by atoms with E-state index in [9.17, 15) is 23.4 Å². The Morgan fingerprint density at radius 2 is 1.67 bits per heavy atom. The number of anilines is 1. The molecule has 158 valence electrons. The fraction of sp³-hybridized carbons (Fsp3) is 0.364. The molecule has 1 heterocycles. The van der Waals surface area contributed by atoms with Gasteiger partial charge >= 0.3 is 6.18 Å². The van der Waals surface area contributed by atoms with Crippen molar-refractivity contribution in [3.63, 3.8) is 0 Å². The van der Waals surface area contributed by atoms with E-state index in [2.05, 4.69) is 15.5 Å². The fourth-order valence-corrected chi connectivity index (χ4v) is 3.95. The Morgan fingerprint density at radius 3 is 2.40 bits per heavy atom. The van der Waals surface area contributed by atoms with Crippen LogP contribution in [0.1, 0.15) is 37.7 Å². The number of nitrogens with one attached hydrogen (secondary N) is 1. The van der Waals surface area contributed by atoms with Gasteiger partial charge in [-0.25, -0.2) is 0 Å². The van der Waals surface area contributed by atoms with Crippen LogP contribution < -0.4 is 5.32 Å². The van der Waals surface area contributed by atoms with Crippen molar-refractivity contribution in [1.82, 2.24) is 10.2 Å². The number of aromatic nitrogens is 2. The lowest BCUT2D eigenvalue weighted by molar-refractivity contribution is -0.137. The SMILES string of the molecule is Oc1cc(C(F)(F)F)ccc1-c1nnc(N[C@@H]2CCCCC[C@@H]2O)c2ccccc12. The van der Waals surface area contributed by atoms with Crippen LogP contribution in [0.25, 0.3) is 22.0 Å². The molecule has 5 nitrogen and oxygen atoms in total. The van der Waals surface area contributed by atoms with Crippen LogP contribution in [-0.4, -0.2) is 32.6 Å².